The summed E-state index contributed by atoms with van der Waals surface area (Å²) in [5, 5.41) is 0. The average molecular weight is 222 g/mol. The van der Waals surface area contributed by atoms with Crippen LogP contribution in [0.3, 0.4) is 0 Å². The minimum absolute atomic E-state index is 0.0508. The van der Waals surface area contributed by atoms with Crippen LogP contribution in [0.4, 0.5) is 0 Å². The lowest BCUT2D eigenvalue weighted by molar-refractivity contribution is -0.139. The summed E-state index contributed by atoms with van der Waals surface area (Å²) in [5.41, 5.74) is 0.322. The Morgan fingerprint density at radius 1 is 1.36 bits per heavy atom. The Bertz CT molecular complexity index is 226. The minimum atomic E-state index is -2.42. The monoisotopic (exact) mass is 222 g/mol. The molecule has 0 saturated carbocycles. The number of carbonyl (C=O) groups is 1. The Morgan fingerprint density at radius 2 is 2.00 bits per heavy atom. The second kappa shape index (κ2) is 7.74. The van der Waals surface area contributed by atoms with Crippen LogP contribution < -0.4 is 0 Å². The summed E-state index contributed by atoms with van der Waals surface area (Å²) in [7, 11) is -2.42. The highest BCUT2D eigenvalue weighted by Gasteiger charge is 2.03. The highest BCUT2D eigenvalue weighted by atomic mass is 31.1. The molecule has 0 heterocycles. The molecule has 0 aliphatic carbocycles. The molecule has 5 nitrogen and oxygen atoms in total. The Morgan fingerprint density at radius 3 is 2.50 bits per heavy atom. The molecule has 6 heteroatoms. The van der Waals surface area contributed by atoms with Gasteiger partial charge in [0.25, 0.3) is 0 Å². The second-order valence-electron chi connectivity index (χ2n) is 2.45. The van der Waals surface area contributed by atoms with E-state index in [1.165, 1.54) is 0 Å². The molecule has 0 bridgehead atoms. The maximum absolute atomic E-state index is 10.8. The molecule has 0 amide bonds. The first-order valence-electron chi connectivity index (χ1n) is 4.20. The third kappa shape index (κ3) is 6.83. The lowest BCUT2D eigenvalue weighted by Gasteiger charge is -2.05. The summed E-state index contributed by atoms with van der Waals surface area (Å²) >= 11 is 0. The molecule has 0 aromatic rings. The Balaban J connectivity index is 3.42. The van der Waals surface area contributed by atoms with Crippen molar-refractivity contribution in [3.8, 4) is 0 Å². The van der Waals surface area contributed by atoms with Crippen molar-refractivity contribution in [3.05, 3.63) is 12.2 Å². The molecule has 14 heavy (non-hydrogen) atoms. The maximum Gasteiger partial charge on any atom is 0.333 e. The van der Waals surface area contributed by atoms with E-state index in [9.17, 15) is 9.36 Å². The number of carbonyl (C=O) groups excluding carboxylic acids is 1. The predicted molar refractivity (Wildman–Crippen MR) is 52.4 cm³/mol. The number of hydrogen-bond donors (Lipinski definition) is 0. The number of rotatable bonds is 7. The largest absolute Gasteiger partial charge is 0.460 e. The molecule has 0 aliphatic rings. The first kappa shape index (κ1) is 13.4. The first-order valence-corrected chi connectivity index (χ1v) is 5.42. The van der Waals surface area contributed by atoms with Crippen LogP contribution >= 0.6 is 8.25 Å². The Kier molecular flexibility index (Phi) is 7.38. The topological polar surface area (TPSA) is 61.8 Å². The summed E-state index contributed by atoms with van der Waals surface area (Å²) in [4.78, 5) is 10.8. The van der Waals surface area contributed by atoms with E-state index in [0.717, 1.165) is 0 Å². The van der Waals surface area contributed by atoms with E-state index in [0.29, 0.717) is 12.2 Å². The van der Waals surface area contributed by atoms with Gasteiger partial charge < -0.3 is 13.8 Å². The molecule has 0 rings (SSSR count). The second-order valence-corrected chi connectivity index (χ2v) is 3.53. The first-order chi connectivity index (χ1) is 6.57. The van der Waals surface area contributed by atoms with Gasteiger partial charge in [-0.05, 0) is 13.8 Å². The quantitative estimate of drug-likeness (QED) is 0.283. The van der Waals surface area contributed by atoms with Gasteiger partial charge >= 0.3 is 14.2 Å². The van der Waals surface area contributed by atoms with Crippen molar-refractivity contribution in [2.24, 2.45) is 0 Å². The van der Waals surface area contributed by atoms with Gasteiger partial charge in [0.2, 0.25) is 0 Å². The van der Waals surface area contributed by atoms with E-state index >= 15 is 0 Å². The van der Waals surface area contributed by atoms with E-state index < -0.39 is 14.2 Å². The molecule has 0 spiro atoms. The molecule has 0 N–H and O–H groups in total. The number of ether oxygens (including phenoxy) is 1. The van der Waals surface area contributed by atoms with Crippen molar-refractivity contribution in [2.75, 3.05) is 19.8 Å². The molecular weight excluding hydrogens is 207 g/mol. The van der Waals surface area contributed by atoms with Gasteiger partial charge in [0, 0.05) is 5.57 Å². The predicted octanol–water partition coefficient (Wildman–Crippen LogP) is 1.55. The molecule has 0 aliphatic heterocycles. The van der Waals surface area contributed by atoms with Gasteiger partial charge in [-0.2, -0.15) is 0 Å². The van der Waals surface area contributed by atoms with Crippen molar-refractivity contribution < 1.29 is 23.1 Å². The van der Waals surface area contributed by atoms with Gasteiger partial charge in [0.15, 0.2) is 0 Å². The SMILES string of the molecule is C=C(C)C(=O)OCCO[PH](=O)OCC. The van der Waals surface area contributed by atoms with Gasteiger partial charge in [-0.15, -0.1) is 0 Å². The lowest BCUT2D eigenvalue weighted by Crippen LogP contribution is -2.09. The zero-order chi connectivity index (χ0) is 11.0. The summed E-state index contributed by atoms with van der Waals surface area (Å²) in [6, 6.07) is 0. The standard InChI is InChI=1S/C8H15O5P/c1-4-12-14(10)13-6-5-11-8(9)7(2)3/h14H,2,4-6H2,1,3H3. The average Bonchev–Trinajstić information content (AvgIpc) is 2.12. The molecular formula is C8H15O5P. The van der Waals surface area contributed by atoms with Gasteiger partial charge in [-0.25, -0.2) is 4.79 Å². The van der Waals surface area contributed by atoms with Crippen LogP contribution in [-0.2, 0) is 23.1 Å². The zero-order valence-corrected chi connectivity index (χ0v) is 9.37. The molecule has 0 aromatic carbocycles. The van der Waals surface area contributed by atoms with E-state index in [1.54, 1.807) is 13.8 Å². The highest BCUT2D eigenvalue weighted by Crippen LogP contribution is 2.22. The van der Waals surface area contributed by atoms with Gasteiger partial charge in [-0.3, -0.25) is 4.57 Å². The van der Waals surface area contributed by atoms with Crippen LogP contribution in [0.2, 0.25) is 0 Å². The van der Waals surface area contributed by atoms with Crippen molar-refractivity contribution in [1.29, 1.82) is 0 Å². The van der Waals surface area contributed by atoms with Gasteiger partial charge in [-0.1, -0.05) is 6.58 Å². The number of hydrogen-bond acceptors (Lipinski definition) is 5. The highest BCUT2D eigenvalue weighted by molar-refractivity contribution is 7.33. The van der Waals surface area contributed by atoms with E-state index in [4.69, 9.17) is 9.26 Å². The van der Waals surface area contributed by atoms with Crippen molar-refractivity contribution in [1.82, 2.24) is 0 Å². The van der Waals surface area contributed by atoms with E-state index in [-0.39, 0.29) is 13.2 Å². The normalized spacial score (nSPS) is 12.1. The molecule has 0 saturated heterocycles. The van der Waals surface area contributed by atoms with E-state index in [2.05, 4.69) is 11.1 Å². The minimum Gasteiger partial charge on any atom is -0.460 e. The Hall–Kier alpha value is -0.640. The fourth-order valence-electron chi connectivity index (χ4n) is 0.542. The Labute approximate surface area is 84.0 Å². The molecule has 0 fully saturated rings. The fourth-order valence-corrected chi connectivity index (χ4v) is 1.11. The van der Waals surface area contributed by atoms with Gasteiger partial charge in [0.1, 0.15) is 6.61 Å². The van der Waals surface area contributed by atoms with Crippen molar-refractivity contribution in [2.45, 2.75) is 13.8 Å². The van der Waals surface area contributed by atoms with E-state index in [1.807, 2.05) is 0 Å². The molecule has 82 valence electrons. The third-order valence-corrected chi connectivity index (χ3v) is 2.11. The van der Waals surface area contributed by atoms with Crippen LogP contribution in [0.15, 0.2) is 12.2 Å². The van der Waals surface area contributed by atoms with Crippen molar-refractivity contribution in [3.63, 3.8) is 0 Å². The summed E-state index contributed by atoms with van der Waals surface area (Å²) in [6.07, 6.45) is 0. The molecule has 1 atom stereocenters. The lowest BCUT2D eigenvalue weighted by atomic mass is 10.4. The third-order valence-electron chi connectivity index (χ3n) is 1.15. The summed E-state index contributed by atoms with van der Waals surface area (Å²) in [6.45, 7) is 7.12. The maximum atomic E-state index is 10.8. The van der Waals surface area contributed by atoms with Crippen LogP contribution in [0.5, 0.6) is 0 Å². The molecule has 1 unspecified atom stereocenters. The molecule has 0 aromatic heterocycles. The summed E-state index contributed by atoms with van der Waals surface area (Å²) in [5.74, 6) is -0.482. The van der Waals surface area contributed by atoms with Crippen LogP contribution in [0, 0.1) is 0 Å². The van der Waals surface area contributed by atoms with Gasteiger partial charge in [0.05, 0.1) is 13.2 Å². The molecule has 0 radical (unpaired) electrons. The smallest absolute Gasteiger partial charge is 0.333 e. The van der Waals surface area contributed by atoms with Crippen LogP contribution in [0.25, 0.3) is 0 Å². The van der Waals surface area contributed by atoms with Crippen LogP contribution in [0.1, 0.15) is 13.8 Å². The van der Waals surface area contributed by atoms with Crippen LogP contribution in [-0.4, -0.2) is 25.8 Å². The fraction of sp³-hybridized carbons (Fsp3) is 0.625. The van der Waals surface area contributed by atoms with Crippen molar-refractivity contribution >= 4 is 14.2 Å². The number of esters is 1. The summed E-state index contributed by atoms with van der Waals surface area (Å²) < 4.78 is 24.9. The zero-order valence-electron chi connectivity index (χ0n) is 8.37.